The molecule has 96 valence electrons. The molecule has 0 radical (unpaired) electrons. The number of benzene rings is 1. The van der Waals surface area contributed by atoms with Gasteiger partial charge in [0, 0.05) is 12.5 Å². The van der Waals surface area contributed by atoms with E-state index in [0.717, 1.165) is 12.8 Å². The second-order valence-corrected chi connectivity index (χ2v) is 4.52. The van der Waals surface area contributed by atoms with E-state index in [-0.39, 0.29) is 11.9 Å². The van der Waals surface area contributed by atoms with E-state index in [1.807, 2.05) is 13.8 Å². The first-order valence-corrected chi connectivity index (χ1v) is 6.37. The molecule has 1 N–H and O–H groups in total. The van der Waals surface area contributed by atoms with Crippen LogP contribution in [0.5, 0.6) is 0 Å². The summed E-state index contributed by atoms with van der Waals surface area (Å²) < 4.78 is 0. The molecule has 3 heteroatoms. The third-order valence-electron chi connectivity index (χ3n) is 2.96. The van der Waals surface area contributed by atoms with Crippen molar-refractivity contribution >= 4 is 5.91 Å². The highest BCUT2D eigenvalue weighted by Gasteiger charge is 2.09. The van der Waals surface area contributed by atoms with E-state index in [0.29, 0.717) is 12.8 Å². The number of nitrogens with zero attached hydrogens (tertiary/aromatic N) is 1. The Kier molecular flexibility index (Phi) is 5.93. The molecule has 0 aliphatic heterocycles. The molecular weight excluding hydrogens is 224 g/mol. The monoisotopic (exact) mass is 244 g/mol. The van der Waals surface area contributed by atoms with E-state index in [4.69, 9.17) is 5.26 Å². The van der Waals surface area contributed by atoms with Crippen molar-refractivity contribution in [3.05, 3.63) is 35.4 Å². The minimum atomic E-state index is -0.0134. The molecule has 1 aromatic rings. The molecule has 0 saturated heterocycles. The first kappa shape index (κ1) is 14.2. The number of hydrogen-bond donors (Lipinski definition) is 1. The Morgan fingerprint density at radius 1 is 1.39 bits per heavy atom. The second-order valence-electron chi connectivity index (χ2n) is 4.52. The van der Waals surface area contributed by atoms with E-state index in [9.17, 15) is 4.79 Å². The molecule has 1 unspecified atom stereocenters. The van der Waals surface area contributed by atoms with Crippen molar-refractivity contribution in [2.45, 2.75) is 45.6 Å². The van der Waals surface area contributed by atoms with Gasteiger partial charge >= 0.3 is 0 Å². The highest BCUT2D eigenvalue weighted by Crippen LogP contribution is 2.06. The van der Waals surface area contributed by atoms with Crippen molar-refractivity contribution in [1.29, 1.82) is 5.26 Å². The van der Waals surface area contributed by atoms with Crippen LogP contribution in [-0.4, -0.2) is 11.9 Å². The summed E-state index contributed by atoms with van der Waals surface area (Å²) in [5, 5.41) is 11.5. The molecule has 1 amide bonds. The normalized spacial score (nSPS) is 11.6. The smallest absolute Gasteiger partial charge is 0.220 e. The summed E-state index contributed by atoms with van der Waals surface area (Å²) in [7, 11) is 0. The fourth-order valence-electron chi connectivity index (χ4n) is 1.72. The SMILES string of the molecule is CCC(CC#N)NC(=O)CCc1ccc(C)cc1. The predicted molar refractivity (Wildman–Crippen MR) is 72.0 cm³/mol. The molecule has 0 saturated carbocycles. The minimum absolute atomic E-state index is 0.0134. The molecule has 1 atom stereocenters. The number of rotatable bonds is 6. The van der Waals surface area contributed by atoms with Crippen molar-refractivity contribution < 1.29 is 4.79 Å². The molecule has 0 bridgehead atoms. The van der Waals surface area contributed by atoms with Gasteiger partial charge in [0.1, 0.15) is 0 Å². The summed E-state index contributed by atoms with van der Waals surface area (Å²) in [5.74, 6) is 0.0256. The average Bonchev–Trinajstić information content (AvgIpc) is 2.37. The van der Waals surface area contributed by atoms with Gasteiger partial charge in [0.25, 0.3) is 0 Å². The van der Waals surface area contributed by atoms with Crippen LogP contribution < -0.4 is 5.32 Å². The van der Waals surface area contributed by atoms with Crippen molar-refractivity contribution in [3.8, 4) is 6.07 Å². The van der Waals surface area contributed by atoms with Crippen molar-refractivity contribution in [2.75, 3.05) is 0 Å². The van der Waals surface area contributed by atoms with E-state index >= 15 is 0 Å². The van der Waals surface area contributed by atoms with Gasteiger partial charge in [-0.3, -0.25) is 4.79 Å². The molecule has 0 aliphatic rings. The maximum absolute atomic E-state index is 11.7. The van der Waals surface area contributed by atoms with Gasteiger partial charge in [-0.2, -0.15) is 5.26 Å². The zero-order valence-electron chi connectivity index (χ0n) is 11.1. The summed E-state index contributed by atoms with van der Waals surface area (Å²) in [6, 6.07) is 10.3. The van der Waals surface area contributed by atoms with Crippen LogP contribution in [-0.2, 0) is 11.2 Å². The number of carbonyl (C=O) groups excluding carboxylic acids is 1. The second kappa shape index (κ2) is 7.50. The Bertz CT molecular complexity index is 417. The fourth-order valence-corrected chi connectivity index (χ4v) is 1.72. The summed E-state index contributed by atoms with van der Waals surface area (Å²) in [6.07, 6.45) is 2.40. The van der Waals surface area contributed by atoms with Crippen LogP contribution in [0.25, 0.3) is 0 Å². The quantitative estimate of drug-likeness (QED) is 0.836. The van der Waals surface area contributed by atoms with Gasteiger partial charge in [-0.05, 0) is 25.3 Å². The lowest BCUT2D eigenvalue weighted by Crippen LogP contribution is -2.34. The Morgan fingerprint density at radius 3 is 2.61 bits per heavy atom. The van der Waals surface area contributed by atoms with Crippen LogP contribution in [0.3, 0.4) is 0 Å². The fraction of sp³-hybridized carbons (Fsp3) is 0.467. The average molecular weight is 244 g/mol. The number of nitrogens with one attached hydrogen (secondary N) is 1. The topological polar surface area (TPSA) is 52.9 Å². The Balaban J connectivity index is 2.37. The summed E-state index contributed by atoms with van der Waals surface area (Å²) in [4.78, 5) is 11.7. The molecule has 3 nitrogen and oxygen atoms in total. The molecule has 0 aromatic heterocycles. The van der Waals surface area contributed by atoms with Crippen LogP contribution >= 0.6 is 0 Å². The van der Waals surface area contributed by atoms with Gasteiger partial charge in [-0.25, -0.2) is 0 Å². The van der Waals surface area contributed by atoms with Gasteiger partial charge in [-0.1, -0.05) is 36.8 Å². The van der Waals surface area contributed by atoms with Crippen LogP contribution in [0.4, 0.5) is 0 Å². The van der Waals surface area contributed by atoms with Crippen molar-refractivity contribution in [3.63, 3.8) is 0 Å². The van der Waals surface area contributed by atoms with Crippen LogP contribution in [0.1, 0.15) is 37.3 Å². The lowest BCUT2D eigenvalue weighted by atomic mass is 10.1. The molecule has 18 heavy (non-hydrogen) atoms. The molecule has 0 spiro atoms. The maximum atomic E-state index is 11.7. The first-order valence-electron chi connectivity index (χ1n) is 6.37. The maximum Gasteiger partial charge on any atom is 0.220 e. The lowest BCUT2D eigenvalue weighted by molar-refractivity contribution is -0.121. The zero-order chi connectivity index (χ0) is 13.4. The molecule has 0 fully saturated rings. The molecule has 0 aliphatic carbocycles. The summed E-state index contributed by atoms with van der Waals surface area (Å²) in [6.45, 7) is 4.02. The zero-order valence-corrected chi connectivity index (χ0v) is 11.1. The van der Waals surface area contributed by atoms with Crippen molar-refractivity contribution in [1.82, 2.24) is 5.32 Å². The van der Waals surface area contributed by atoms with Crippen LogP contribution in [0.15, 0.2) is 24.3 Å². The highest BCUT2D eigenvalue weighted by molar-refractivity contribution is 5.76. The Labute approximate surface area is 109 Å². The third-order valence-corrected chi connectivity index (χ3v) is 2.96. The Morgan fingerprint density at radius 2 is 2.06 bits per heavy atom. The molecule has 1 aromatic carbocycles. The van der Waals surface area contributed by atoms with Gasteiger partial charge < -0.3 is 5.32 Å². The third kappa shape index (κ3) is 5.01. The van der Waals surface area contributed by atoms with E-state index in [1.165, 1.54) is 11.1 Å². The van der Waals surface area contributed by atoms with Crippen molar-refractivity contribution in [2.24, 2.45) is 0 Å². The Hall–Kier alpha value is -1.82. The van der Waals surface area contributed by atoms with E-state index < -0.39 is 0 Å². The predicted octanol–water partition coefficient (Wildman–Crippen LogP) is 2.74. The summed E-state index contributed by atoms with van der Waals surface area (Å²) in [5.41, 5.74) is 2.40. The largest absolute Gasteiger partial charge is 0.352 e. The van der Waals surface area contributed by atoms with Crippen LogP contribution in [0, 0.1) is 18.3 Å². The van der Waals surface area contributed by atoms with Gasteiger partial charge in [-0.15, -0.1) is 0 Å². The number of aryl methyl sites for hydroxylation is 2. The molecule has 0 heterocycles. The summed E-state index contributed by atoms with van der Waals surface area (Å²) >= 11 is 0. The number of nitriles is 1. The highest BCUT2D eigenvalue weighted by atomic mass is 16.1. The minimum Gasteiger partial charge on any atom is -0.352 e. The standard InChI is InChI=1S/C15H20N2O/c1-3-14(10-11-16)17-15(18)9-8-13-6-4-12(2)5-7-13/h4-7,14H,3,8-10H2,1-2H3,(H,17,18). The molecule has 1 rings (SSSR count). The molecular formula is C15H20N2O. The van der Waals surface area contributed by atoms with E-state index in [1.54, 1.807) is 0 Å². The van der Waals surface area contributed by atoms with E-state index in [2.05, 4.69) is 35.7 Å². The van der Waals surface area contributed by atoms with Crippen LogP contribution in [0.2, 0.25) is 0 Å². The first-order chi connectivity index (χ1) is 8.65. The lowest BCUT2D eigenvalue weighted by Gasteiger charge is -2.13. The number of amides is 1. The van der Waals surface area contributed by atoms with Gasteiger partial charge in [0.2, 0.25) is 5.91 Å². The number of hydrogen-bond acceptors (Lipinski definition) is 2. The van der Waals surface area contributed by atoms with Gasteiger partial charge in [0.15, 0.2) is 0 Å². The number of carbonyl (C=O) groups is 1. The van der Waals surface area contributed by atoms with Gasteiger partial charge in [0.05, 0.1) is 12.5 Å².